The molecule has 1 aliphatic rings. The standard InChI is InChI=1S/C27H32ClN3O4/c1-5-7-8-12-35-21-10-9-17(14-22(21)34-4)26-23-24(18-15-19(28)16(3)13-20(18)32)29-30-25(23)27(33)31(26)11-6-2/h9-10,13-15,26,32H,5-8,11-12H2,1-4H3,(H,29,30). The third kappa shape index (κ3) is 4.69. The summed E-state index contributed by atoms with van der Waals surface area (Å²) in [5, 5.41) is 18.6. The van der Waals surface area contributed by atoms with Crippen LogP contribution in [-0.2, 0) is 0 Å². The highest BCUT2D eigenvalue weighted by Crippen LogP contribution is 2.46. The average Bonchev–Trinajstić information content (AvgIpc) is 3.38. The van der Waals surface area contributed by atoms with E-state index in [-0.39, 0.29) is 11.7 Å². The van der Waals surface area contributed by atoms with Gasteiger partial charge in [0.1, 0.15) is 17.1 Å². The van der Waals surface area contributed by atoms with Gasteiger partial charge in [-0.1, -0.05) is 44.4 Å². The summed E-state index contributed by atoms with van der Waals surface area (Å²) in [4.78, 5) is 15.2. The van der Waals surface area contributed by atoms with Crippen LogP contribution in [0.1, 0.15) is 72.8 Å². The monoisotopic (exact) mass is 497 g/mol. The van der Waals surface area contributed by atoms with Crippen molar-refractivity contribution < 1.29 is 19.4 Å². The molecule has 0 saturated heterocycles. The maximum absolute atomic E-state index is 13.4. The van der Waals surface area contributed by atoms with Gasteiger partial charge in [-0.25, -0.2) is 0 Å². The quantitative estimate of drug-likeness (QED) is 0.322. The number of fused-ring (bicyclic) bond motifs is 1. The van der Waals surface area contributed by atoms with Crippen molar-refractivity contribution in [2.45, 2.75) is 52.5 Å². The minimum absolute atomic E-state index is 0.0646. The van der Waals surface area contributed by atoms with E-state index in [1.165, 1.54) is 0 Å². The van der Waals surface area contributed by atoms with Crippen molar-refractivity contribution in [3.63, 3.8) is 0 Å². The number of halogens is 1. The van der Waals surface area contributed by atoms with Gasteiger partial charge in [-0.05, 0) is 55.2 Å². The van der Waals surface area contributed by atoms with Crippen LogP contribution in [0.25, 0.3) is 11.3 Å². The number of nitrogens with one attached hydrogen (secondary N) is 1. The van der Waals surface area contributed by atoms with Gasteiger partial charge in [-0.2, -0.15) is 5.10 Å². The second-order valence-electron chi connectivity index (χ2n) is 8.85. The van der Waals surface area contributed by atoms with Crippen LogP contribution in [-0.4, -0.2) is 46.4 Å². The van der Waals surface area contributed by atoms with Crippen LogP contribution in [0.2, 0.25) is 5.02 Å². The van der Waals surface area contributed by atoms with Gasteiger partial charge in [0.15, 0.2) is 11.5 Å². The number of methoxy groups -OCH3 is 1. The van der Waals surface area contributed by atoms with Gasteiger partial charge in [-0.3, -0.25) is 9.89 Å². The number of aromatic nitrogens is 2. The fraction of sp³-hybridized carbons (Fsp3) is 0.407. The predicted molar refractivity (Wildman–Crippen MR) is 137 cm³/mol. The molecule has 3 aromatic rings. The molecule has 186 valence electrons. The smallest absolute Gasteiger partial charge is 0.273 e. The molecule has 1 amide bonds. The minimum Gasteiger partial charge on any atom is -0.507 e. The van der Waals surface area contributed by atoms with Gasteiger partial charge in [0.2, 0.25) is 0 Å². The number of carbonyl (C=O) groups excluding carboxylic acids is 1. The Morgan fingerprint density at radius 1 is 1.14 bits per heavy atom. The van der Waals surface area contributed by atoms with Crippen molar-refractivity contribution in [2.24, 2.45) is 0 Å². The lowest BCUT2D eigenvalue weighted by molar-refractivity contribution is 0.0743. The zero-order chi connectivity index (χ0) is 25.1. The number of amides is 1. The first kappa shape index (κ1) is 24.9. The number of carbonyl (C=O) groups is 1. The van der Waals surface area contributed by atoms with Crippen LogP contribution in [0.3, 0.4) is 0 Å². The third-order valence-electron chi connectivity index (χ3n) is 6.37. The molecular formula is C27H32ClN3O4. The highest BCUT2D eigenvalue weighted by molar-refractivity contribution is 6.31. The molecule has 0 spiro atoms. The summed E-state index contributed by atoms with van der Waals surface area (Å²) in [6, 6.07) is 8.69. The van der Waals surface area contributed by atoms with Crippen molar-refractivity contribution in [1.82, 2.24) is 15.1 Å². The molecule has 35 heavy (non-hydrogen) atoms. The summed E-state index contributed by atoms with van der Waals surface area (Å²) in [7, 11) is 1.61. The second-order valence-corrected chi connectivity index (χ2v) is 9.25. The van der Waals surface area contributed by atoms with E-state index in [2.05, 4.69) is 17.1 Å². The number of unbranched alkanes of at least 4 members (excludes halogenated alkanes) is 2. The predicted octanol–water partition coefficient (Wildman–Crippen LogP) is 6.28. The zero-order valence-corrected chi connectivity index (χ0v) is 21.4. The largest absolute Gasteiger partial charge is 0.507 e. The number of benzene rings is 2. The Morgan fingerprint density at radius 3 is 2.66 bits per heavy atom. The molecule has 0 radical (unpaired) electrons. The van der Waals surface area contributed by atoms with E-state index in [9.17, 15) is 9.90 Å². The molecule has 1 aromatic heterocycles. The molecule has 2 aromatic carbocycles. The summed E-state index contributed by atoms with van der Waals surface area (Å²) in [5.41, 5.74) is 3.78. The van der Waals surface area contributed by atoms with Crippen LogP contribution in [0.4, 0.5) is 0 Å². The molecule has 1 unspecified atom stereocenters. The Kier molecular flexibility index (Phi) is 7.55. The molecule has 0 bridgehead atoms. The van der Waals surface area contributed by atoms with Crippen molar-refractivity contribution in [1.29, 1.82) is 0 Å². The number of phenolic OH excluding ortho intramolecular Hbond substituents is 1. The first-order valence-corrected chi connectivity index (χ1v) is 12.5. The van der Waals surface area contributed by atoms with Gasteiger partial charge in [-0.15, -0.1) is 0 Å². The van der Waals surface area contributed by atoms with Crippen LogP contribution >= 0.6 is 11.6 Å². The lowest BCUT2D eigenvalue weighted by Gasteiger charge is -2.26. The van der Waals surface area contributed by atoms with Crippen LogP contribution in [0.15, 0.2) is 30.3 Å². The molecule has 0 aliphatic carbocycles. The van der Waals surface area contributed by atoms with Crippen molar-refractivity contribution >= 4 is 17.5 Å². The molecule has 7 nitrogen and oxygen atoms in total. The maximum Gasteiger partial charge on any atom is 0.273 e. The van der Waals surface area contributed by atoms with E-state index < -0.39 is 6.04 Å². The molecule has 0 saturated carbocycles. The van der Waals surface area contributed by atoms with E-state index in [0.717, 1.165) is 42.4 Å². The topological polar surface area (TPSA) is 87.7 Å². The zero-order valence-electron chi connectivity index (χ0n) is 20.7. The Balaban J connectivity index is 1.79. The molecule has 0 fully saturated rings. The maximum atomic E-state index is 13.4. The molecule has 2 heterocycles. The SMILES string of the molecule is CCCCCOc1ccc(C2c3c(-c4cc(Cl)c(C)cc4O)n[nH]c3C(=O)N2CCC)cc1OC. The van der Waals surface area contributed by atoms with Gasteiger partial charge in [0, 0.05) is 22.7 Å². The van der Waals surface area contributed by atoms with Crippen LogP contribution in [0, 0.1) is 6.92 Å². The molecule has 2 N–H and O–H groups in total. The first-order valence-electron chi connectivity index (χ1n) is 12.1. The molecule has 1 atom stereocenters. The lowest BCUT2D eigenvalue weighted by Crippen LogP contribution is -2.30. The number of hydrogen-bond donors (Lipinski definition) is 2. The van der Waals surface area contributed by atoms with Crippen molar-refractivity contribution in [3.8, 4) is 28.5 Å². The Labute approximate surface area is 211 Å². The Morgan fingerprint density at radius 2 is 1.94 bits per heavy atom. The van der Waals surface area contributed by atoms with Gasteiger partial charge >= 0.3 is 0 Å². The minimum atomic E-state index is -0.395. The highest BCUT2D eigenvalue weighted by Gasteiger charge is 2.42. The Hall–Kier alpha value is -3.19. The number of rotatable bonds is 10. The number of hydrogen-bond acceptors (Lipinski definition) is 5. The fourth-order valence-electron chi connectivity index (χ4n) is 4.58. The number of aromatic hydroxyl groups is 1. The van der Waals surface area contributed by atoms with E-state index >= 15 is 0 Å². The summed E-state index contributed by atoms with van der Waals surface area (Å²) >= 11 is 6.38. The van der Waals surface area contributed by atoms with Gasteiger partial charge < -0.3 is 19.5 Å². The third-order valence-corrected chi connectivity index (χ3v) is 6.78. The lowest BCUT2D eigenvalue weighted by atomic mass is 9.95. The van der Waals surface area contributed by atoms with E-state index in [0.29, 0.717) is 46.6 Å². The number of aryl methyl sites for hydroxylation is 1. The van der Waals surface area contributed by atoms with Crippen molar-refractivity contribution in [2.75, 3.05) is 20.3 Å². The summed E-state index contributed by atoms with van der Waals surface area (Å²) in [6.45, 7) is 7.22. The number of aromatic amines is 1. The molecule has 1 aliphatic heterocycles. The number of nitrogens with zero attached hydrogens (tertiary/aromatic N) is 2. The second kappa shape index (κ2) is 10.6. The molecule has 8 heteroatoms. The number of phenols is 1. The first-order chi connectivity index (χ1) is 16.9. The summed E-state index contributed by atoms with van der Waals surface area (Å²) in [6.07, 6.45) is 4.01. The fourth-order valence-corrected chi connectivity index (χ4v) is 4.75. The molecular weight excluding hydrogens is 466 g/mol. The number of ether oxygens (including phenoxy) is 2. The summed E-state index contributed by atoms with van der Waals surface area (Å²) < 4.78 is 11.6. The average molecular weight is 498 g/mol. The highest BCUT2D eigenvalue weighted by atomic mass is 35.5. The number of H-pyrrole nitrogens is 1. The van der Waals surface area contributed by atoms with Gasteiger partial charge in [0.05, 0.1) is 19.8 Å². The Bertz CT molecular complexity index is 1220. The van der Waals surface area contributed by atoms with Crippen LogP contribution < -0.4 is 9.47 Å². The normalized spacial score (nSPS) is 14.9. The van der Waals surface area contributed by atoms with Gasteiger partial charge in [0.25, 0.3) is 5.91 Å². The summed E-state index contributed by atoms with van der Waals surface area (Å²) in [5.74, 6) is 1.23. The van der Waals surface area contributed by atoms with E-state index in [1.807, 2.05) is 36.9 Å². The van der Waals surface area contributed by atoms with Crippen molar-refractivity contribution in [3.05, 3.63) is 57.7 Å². The van der Waals surface area contributed by atoms with Crippen LogP contribution in [0.5, 0.6) is 17.2 Å². The van der Waals surface area contributed by atoms with E-state index in [1.54, 1.807) is 19.2 Å². The molecule has 4 rings (SSSR count). The van der Waals surface area contributed by atoms with E-state index in [4.69, 9.17) is 21.1 Å².